The summed E-state index contributed by atoms with van der Waals surface area (Å²) < 4.78 is 8.89. The number of amides is 1. The molecular formula is C8H10N2O4. The first-order valence-electron chi connectivity index (χ1n) is 3.95. The number of esters is 1. The summed E-state index contributed by atoms with van der Waals surface area (Å²) in [5.41, 5.74) is 0.521. The minimum Gasteiger partial charge on any atom is -0.468 e. The summed E-state index contributed by atoms with van der Waals surface area (Å²) in [4.78, 5) is 21.8. The van der Waals surface area contributed by atoms with Crippen molar-refractivity contribution in [3.63, 3.8) is 0 Å². The van der Waals surface area contributed by atoms with Crippen LogP contribution in [0.2, 0.25) is 0 Å². The molecule has 1 N–H and O–H groups in total. The number of hydrogen-bond donors (Lipinski definition) is 1. The number of carbonyl (C=O) groups is 2. The molecule has 0 unspecified atom stereocenters. The molecule has 1 amide bonds. The number of methoxy groups -OCH3 is 1. The van der Waals surface area contributed by atoms with Gasteiger partial charge in [-0.2, -0.15) is 0 Å². The molecule has 6 nitrogen and oxygen atoms in total. The summed E-state index contributed by atoms with van der Waals surface area (Å²) in [6.45, 7) is -0.132. The molecule has 1 aromatic heterocycles. The lowest BCUT2D eigenvalue weighted by atomic mass is 10.3. The molecule has 0 atom stereocenters. The van der Waals surface area contributed by atoms with Gasteiger partial charge in [-0.25, -0.2) is 0 Å². The van der Waals surface area contributed by atoms with E-state index in [1.165, 1.54) is 13.4 Å². The maximum atomic E-state index is 11.1. The van der Waals surface area contributed by atoms with E-state index in [4.69, 9.17) is 0 Å². The highest BCUT2D eigenvalue weighted by molar-refractivity contribution is 5.82. The van der Waals surface area contributed by atoms with Crippen LogP contribution in [0.15, 0.2) is 16.9 Å². The van der Waals surface area contributed by atoms with Gasteiger partial charge in [0.15, 0.2) is 0 Å². The highest BCUT2D eigenvalue weighted by Crippen LogP contribution is 1.94. The monoisotopic (exact) mass is 198 g/mol. The Kier molecular flexibility index (Phi) is 3.66. The Balaban J connectivity index is 2.26. The fraction of sp³-hybridized carbons (Fsp3) is 0.375. The molecule has 0 spiro atoms. The lowest BCUT2D eigenvalue weighted by molar-refractivity contribution is -0.141. The molecule has 0 aromatic carbocycles. The van der Waals surface area contributed by atoms with E-state index in [0.29, 0.717) is 5.69 Å². The summed E-state index contributed by atoms with van der Waals surface area (Å²) in [5, 5.41) is 5.93. The maximum Gasteiger partial charge on any atom is 0.325 e. The molecule has 76 valence electrons. The number of aromatic nitrogens is 1. The second kappa shape index (κ2) is 5.00. The molecule has 0 aliphatic heterocycles. The van der Waals surface area contributed by atoms with Gasteiger partial charge in [-0.05, 0) is 0 Å². The van der Waals surface area contributed by atoms with E-state index in [-0.39, 0.29) is 18.9 Å². The topological polar surface area (TPSA) is 81.4 Å². The van der Waals surface area contributed by atoms with Crippen LogP contribution in [0.25, 0.3) is 0 Å². The summed E-state index contributed by atoms with van der Waals surface area (Å²) in [7, 11) is 1.26. The van der Waals surface area contributed by atoms with Crippen LogP contribution in [0.4, 0.5) is 0 Å². The van der Waals surface area contributed by atoms with Gasteiger partial charge in [0, 0.05) is 6.07 Å². The number of ether oxygens (including phenoxy) is 1. The molecule has 6 heteroatoms. The number of carbonyl (C=O) groups excluding carboxylic acids is 2. The van der Waals surface area contributed by atoms with Crippen LogP contribution >= 0.6 is 0 Å². The Hall–Kier alpha value is -1.85. The lowest BCUT2D eigenvalue weighted by Gasteiger charge is -2.01. The van der Waals surface area contributed by atoms with Crippen molar-refractivity contribution in [3.8, 4) is 0 Å². The van der Waals surface area contributed by atoms with E-state index in [9.17, 15) is 9.59 Å². The molecule has 0 aliphatic carbocycles. The van der Waals surface area contributed by atoms with Crippen molar-refractivity contribution in [2.75, 3.05) is 13.7 Å². The normalized spacial score (nSPS) is 9.50. The Labute approximate surface area is 80.2 Å². The molecule has 14 heavy (non-hydrogen) atoms. The van der Waals surface area contributed by atoms with Crippen molar-refractivity contribution >= 4 is 11.9 Å². The third-order valence-corrected chi connectivity index (χ3v) is 1.49. The average Bonchev–Trinajstić information content (AvgIpc) is 2.66. The largest absolute Gasteiger partial charge is 0.468 e. The number of nitrogens with zero attached hydrogens (tertiary/aromatic N) is 1. The van der Waals surface area contributed by atoms with Gasteiger partial charge in [0.1, 0.15) is 12.8 Å². The smallest absolute Gasteiger partial charge is 0.325 e. The van der Waals surface area contributed by atoms with Crippen LogP contribution < -0.4 is 5.32 Å². The van der Waals surface area contributed by atoms with E-state index < -0.39 is 5.97 Å². The first-order valence-corrected chi connectivity index (χ1v) is 3.95. The van der Waals surface area contributed by atoms with Crippen molar-refractivity contribution in [1.82, 2.24) is 10.5 Å². The fourth-order valence-electron chi connectivity index (χ4n) is 0.799. The van der Waals surface area contributed by atoms with Crippen LogP contribution in [0, 0.1) is 0 Å². The van der Waals surface area contributed by atoms with Gasteiger partial charge in [0.05, 0.1) is 19.2 Å². The van der Waals surface area contributed by atoms with Crippen molar-refractivity contribution in [2.45, 2.75) is 6.42 Å². The molecular weight excluding hydrogens is 188 g/mol. The number of rotatable bonds is 4. The fourth-order valence-corrected chi connectivity index (χ4v) is 0.799. The van der Waals surface area contributed by atoms with Gasteiger partial charge in [0.2, 0.25) is 5.91 Å². The van der Waals surface area contributed by atoms with E-state index in [0.717, 1.165) is 0 Å². The predicted molar refractivity (Wildman–Crippen MR) is 45.2 cm³/mol. The second-order valence-corrected chi connectivity index (χ2v) is 2.52. The Morgan fingerprint density at radius 1 is 1.64 bits per heavy atom. The van der Waals surface area contributed by atoms with Crippen LogP contribution in [-0.2, 0) is 20.7 Å². The Morgan fingerprint density at radius 2 is 2.43 bits per heavy atom. The van der Waals surface area contributed by atoms with Crippen LogP contribution in [0.1, 0.15) is 5.69 Å². The third-order valence-electron chi connectivity index (χ3n) is 1.49. The molecule has 1 rings (SSSR count). The van der Waals surface area contributed by atoms with Crippen molar-refractivity contribution in [2.24, 2.45) is 0 Å². The number of nitrogens with one attached hydrogen (secondary N) is 1. The van der Waals surface area contributed by atoms with Crippen molar-refractivity contribution in [1.29, 1.82) is 0 Å². The quantitative estimate of drug-likeness (QED) is 0.660. The maximum absolute atomic E-state index is 11.1. The minimum absolute atomic E-state index is 0.0908. The van der Waals surface area contributed by atoms with Gasteiger partial charge in [-0.3, -0.25) is 9.59 Å². The van der Waals surface area contributed by atoms with Crippen molar-refractivity contribution < 1.29 is 18.8 Å². The SMILES string of the molecule is COC(=O)CNC(=O)Cc1ccon1. The zero-order valence-electron chi connectivity index (χ0n) is 7.65. The van der Waals surface area contributed by atoms with Crippen molar-refractivity contribution in [3.05, 3.63) is 18.0 Å². The third kappa shape index (κ3) is 3.26. The second-order valence-electron chi connectivity index (χ2n) is 2.52. The lowest BCUT2D eigenvalue weighted by Crippen LogP contribution is -2.31. The van der Waals surface area contributed by atoms with Gasteiger partial charge < -0.3 is 14.6 Å². The number of hydrogen-bond acceptors (Lipinski definition) is 5. The molecule has 1 aromatic rings. The van der Waals surface area contributed by atoms with Crippen LogP contribution in [-0.4, -0.2) is 30.7 Å². The highest BCUT2D eigenvalue weighted by Gasteiger charge is 2.07. The van der Waals surface area contributed by atoms with E-state index in [1.807, 2.05) is 0 Å². The average molecular weight is 198 g/mol. The summed E-state index contributed by atoms with van der Waals surface area (Å²) in [6, 6.07) is 1.58. The van der Waals surface area contributed by atoms with E-state index >= 15 is 0 Å². The summed E-state index contributed by atoms with van der Waals surface area (Å²) >= 11 is 0. The van der Waals surface area contributed by atoms with E-state index in [2.05, 4.69) is 19.7 Å². The predicted octanol–water partition coefficient (Wildman–Crippen LogP) is -0.494. The van der Waals surface area contributed by atoms with E-state index in [1.54, 1.807) is 6.07 Å². The van der Waals surface area contributed by atoms with Gasteiger partial charge in [0.25, 0.3) is 0 Å². The molecule has 0 saturated carbocycles. The van der Waals surface area contributed by atoms with Gasteiger partial charge in [-0.1, -0.05) is 5.16 Å². The summed E-state index contributed by atoms with van der Waals surface area (Å²) in [6.07, 6.45) is 1.47. The molecule has 0 radical (unpaired) electrons. The first kappa shape index (κ1) is 10.2. The minimum atomic E-state index is -0.487. The van der Waals surface area contributed by atoms with Gasteiger partial charge in [-0.15, -0.1) is 0 Å². The highest BCUT2D eigenvalue weighted by atomic mass is 16.5. The van der Waals surface area contributed by atoms with Gasteiger partial charge >= 0.3 is 5.97 Å². The molecule has 0 saturated heterocycles. The zero-order valence-corrected chi connectivity index (χ0v) is 7.65. The van der Waals surface area contributed by atoms with Crippen LogP contribution in [0.3, 0.4) is 0 Å². The molecule has 0 bridgehead atoms. The Bertz CT molecular complexity index is 307. The molecule has 1 heterocycles. The molecule has 0 aliphatic rings. The zero-order chi connectivity index (χ0) is 10.4. The van der Waals surface area contributed by atoms with Crippen LogP contribution in [0.5, 0.6) is 0 Å². The Morgan fingerprint density at radius 3 is 3.00 bits per heavy atom. The first-order chi connectivity index (χ1) is 6.72. The standard InChI is InChI=1S/C8H10N2O4/c1-13-8(12)5-9-7(11)4-6-2-3-14-10-6/h2-3H,4-5H2,1H3,(H,9,11). The molecule has 0 fully saturated rings. The summed E-state index contributed by atoms with van der Waals surface area (Å²) in [5.74, 6) is -0.789.